The smallest absolute Gasteiger partial charge is 0.196 e. The molecule has 1 aromatic heterocycles. The number of carbonyl (C=O) groups is 1. The van der Waals surface area contributed by atoms with Crippen molar-refractivity contribution in [3.05, 3.63) is 52.3 Å². The molecule has 0 saturated heterocycles. The summed E-state index contributed by atoms with van der Waals surface area (Å²) in [5.74, 6) is -0.0166. The molecule has 4 heteroatoms. The van der Waals surface area contributed by atoms with Crippen LogP contribution in [0.3, 0.4) is 0 Å². The predicted octanol–water partition coefficient (Wildman–Crippen LogP) is 3.49. The first kappa shape index (κ1) is 12.8. The Morgan fingerprint density at radius 2 is 2.17 bits per heavy atom. The summed E-state index contributed by atoms with van der Waals surface area (Å²) in [6, 6.07) is 5.30. The van der Waals surface area contributed by atoms with Crippen LogP contribution in [0.2, 0.25) is 5.02 Å². The number of carbonyl (C=O) groups excluding carboxylic acids is 1. The number of rotatable bonds is 4. The monoisotopic (exact) mass is 262 g/mol. The predicted molar refractivity (Wildman–Crippen MR) is 72.1 cm³/mol. The van der Waals surface area contributed by atoms with Gasteiger partial charge in [0.2, 0.25) is 0 Å². The Labute approximate surface area is 111 Å². The van der Waals surface area contributed by atoms with E-state index in [2.05, 4.69) is 12.0 Å². The van der Waals surface area contributed by atoms with Crippen LogP contribution < -0.4 is 0 Å². The fourth-order valence-corrected chi connectivity index (χ4v) is 1.90. The lowest BCUT2D eigenvalue weighted by molar-refractivity contribution is 0.103. The summed E-state index contributed by atoms with van der Waals surface area (Å²) in [6.45, 7) is 4.79. The molecule has 3 nitrogen and oxygen atoms in total. The highest BCUT2D eigenvalue weighted by molar-refractivity contribution is 6.31. The number of aryl methyl sites for hydroxylation is 2. The standard InChI is InChI=1S/C14H15ClN2O/c1-3-6-17-9-12(8-16-17)14(18)11-4-5-13(15)10(2)7-11/h4-5,7-9H,3,6H2,1-2H3. The Morgan fingerprint density at radius 1 is 1.39 bits per heavy atom. The zero-order valence-corrected chi connectivity index (χ0v) is 11.2. The van der Waals surface area contributed by atoms with Gasteiger partial charge in [-0.1, -0.05) is 18.5 Å². The van der Waals surface area contributed by atoms with E-state index in [1.807, 2.05) is 13.0 Å². The number of halogens is 1. The maximum atomic E-state index is 12.2. The van der Waals surface area contributed by atoms with Gasteiger partial charge >= 0.3 is 0 Å². The lowest BCUT2D eigenvalue weighted by Gasteiger charge is -2.01. The van der Waals surface area contributed by atoms with Crippen molar-refractivity contribution in [1.29, 1.82) is 0 Å². The van der Waals surface area contributed by atoms with E-state index >= 15 is 0 Å². The molecule has 0 amide bonds. The number of hydrogen-bond acceptors (Lipinski definition) is 2. The van der Waals surface area contributed by atoms with Crippen molar-refractivity contribution in [1.82, 2.24) is 9.78 Å². The van der Waals surface area contributed by atoms with Gasteiger partial charge in [0.05, 0.1) is 11.8 Å². The van der Waals surface area contributed by atoms with E-state index in [1.165, 1.54) is 0 Å². The molecule has 0 aliphatic carbocycles. The van der Waals surface area contributed by atoms with E-state index in [4.69, 9.17) is 11.6 Å². The third kappa shape index (κ3) is 2.62. The van der Waals surface area contributed by atoms with E-state index in [-0.39, 0.29) is 5.78 Å². The summed E-state index contributed by atoms with van der Waals surface area (Å²) in [5, 5.41) is 4.84. The number of hydrogen-bond donors (Lipinski definition) is 0. The maximum absolute atomic E-state index is 12.2. The first-order valence-corrected chi connectivity index (χ1v) is 6.33. The fourth-order valence-electron chi connectivity index (χ4n) is 1.78. The number of aromatic nitrogens is 2. The largest absolute Gasteiger partial charge is 0.288 e. The number of nitrogens with zero attached hydrogens (tertiary/aromatic N) is 2. The van der Waals surface area contributed by atoms with Crippen molar-refractivity contribution in [2.24, 2.45) is 0 Å². The van der Waals surface area contributed by atoms with Gasteiger partial charge in [0.15, 0.2) is 5.78 Å². The Hall–Kier alpha value is -1.61. The van der Waals surface area contributed by atoms with Gasteiger partial charge in [-0.25, -0.2) is 0 Å². The van der Waals surface area contributed by atoms with Crippen LogP contribution in [0.5, 0.6) is 0 Å². The summed E-state index contributed by atoms with van der Waals surface area (Å²) in [6.07, 6.45) is 4.40. The minimum atomic E-state index is -0.0166. The summed E-state index contributed by atoms with van der Waals surface area (Å²) >= 11 is 5.95. The lowest BCUT2D eigenvalue weighted by atomic mass is 10.0. The van der Waals surface area contributed by atoms with Crippen LogP contribution in [0.1, 0.15) is 34.8 Å². The Bertz CT molecular complexity index is 575. The molecule has 0 radical (unpaired) electrons. The molecule has 0 bridgehead atoms. The van der Waals surface area contributed by atoms with Crippen molar-refractivity contribution in [2.75, 3.05) is 0 Å². The van der Waals surface area contributed by atoms with Crippen LogP contribution in [0.4, 0.5) is 0 Å². The minimum Gasteiger partial charge on any atom is -0.288 e. The molecule has 0 saturated carbocycles. The normalized spacial score (nSPS) is 10.6. The van der Waals surface area contributed by atoms with E-state index in [0.717, 1.165) is 18.5 Å². The molecule has 0 fully saturated rings. The van der Waals surface area contributed by atoms with Gasteiger partial charge < -0.3 is 0 Å². The van der Waals surface area contributed by atoms with Crippen molar-refractivity contribution < 1.29 is 4.79 Å². The van der Waals surface area contributed by atoms with Crippen LogP contribution in [-0.4, -0.2) is 15.6 Å². The molecule has 1 aromatic carbocycles. The molecule has 0 N–H and O–H groups in total. The average molecular weight is 263 g/mol. The quantitative estimate of drug-likeness (QED) is 0.791. The molecule has 1 heterocycles. The van der Waals surface area contributed by atoms with E-state index in [9.17, 15) is 4.79 Å². The highest BCUT2D eigenvalue weighted by atomic mass is 35.5. The van der Waals surface area contributed by atoms with Crippen LogP contribution in [0.15, 0.2) is 30.6 Å². The van der Waals surface area contributed by atoms with Gasteiger partial charge in [-0.2, -0.15) is 5.10 Å². The van der Waals surface area contributed by atoms with Gasteiger partial charge in [-0.05, 0) is 37.1 Å². The van der Waals surface area contributed by atoms with Crippen molar-refractivity contribution in [3.8, 4) is 0 Å². The van der Waals surface area contributed by atoms with Gasteiger partial charge in [0, 0.05) is 23.3 Å². The SMILES string of the molecule is CCCn1cc(C(=O)c2ccc(Cl)c(C)c2)cn1. The Balaban J connectivity index is 2.26. The second kappa shape index (κ2) is 5.36. The summed E-state index contributed by atoms with van der Waals surface area (Å²) in [4.78, 5) is 12.2. The summed E-state index contributed by atoms with van der Waals surface area (Å²) in [5.41, 5.74) is 2.17. The van der Waals surface area contributed by atoms with Crippen LogP contribution in [-0.2, 0) is 6.54 Å². The van der Waals surface area contributed by atoms with E-state index < -0.39 is 0 Å². The average Bonchev–Trinajstić information content (AvgIpc) is 2.81. The minimum absolute atomic E-state index is 0.0166. The molecule has 18 heavy (non-hydrogen) atoms. The lowest BCUT2D eigenvalue weighted by Crippen LogP contribution is -2.01. The summed E-state index contributed by atoms with van der Waals surface area (Å²) < 4.78 is 1.79. The molecule has 94 valence electrons. The molecular formula is C14H15ClN2O. The van der Waals surface area contributed by atoms with Gasteiger partial charge in [0.25, 0.3) is 0 Å². The first-order chi connectivity index (χ1) is 8.61. The Kier molecular flexibility index (Phi) is 3.82. The second-order valence-corrected chi connectivity index (χ2v) is 4.69. The maximum Gasteiger partial charge on any atom is 0.196 e. The van der Waals surface area contributed by atoms with Crippen molar-refractivity contribution >= 4 is 17.4 Å². The highest BCUT2D eigenvalue weighted by Crippen LogP contribution is 2.18. The molecule has 2 aromatic rings. The van der Waals surface area contributed by atoms with Crippen LogP contribution in [0, 0.1) is 6.92 Å². The first-order valence-electron chi connectivity index (χ1n) is 5.95. The Morgan fingerprint density at radius 3 is 2.83 bits per heavy atom. The molecule has 0 unspecified atom stereocenters. The second-order valence-electron chi connectivity index (χ2n) is 4.29. The van der Waals surface area contributed by atoms with Gasteiger partial charge in [-0.15, -0.1) is 0 Å². The van der Waals surface area contributed by atoms with E-state index in [0.29, 0.717) is 16.1 Å². The van der Waals surface area contributed by atoms with Crippen LogP contribution >= 0.6 is 11.6 Å². The topological polar surface area (TPSA) is 34.9 Å². The van der Waals surface area contributed by atoms with Gasteiger partial charge in [0.1, 0.15) is 0 Å². The van der Waals surface area contributed by atoms with Crippen LogP contribution in [0.25, 0.3) is 0 Å². The third-order valence-corrected chi connectivity index (χ3v) is 3.19. The van der Waals surface area contributed by atoms with Gasteiger partial charge in [-0.3, -0.25) is 9.48 Å². The fraction of sp³-hybridized carbons (Fsp3) is 0.286. The zero-order chi connectivity index (χ0) is 13.1. The zero-order valence-electron chi connectivity index (χ0n) is 10.5. The van der Waals surface area contributed by atoms with Crippen molar-refractivity contribution in [3.63, 3.8) is 0 Å². The molecule has 0 atom stereocenters. The molecule has 0 aliphatic heterocycles. The third-order valence-electron chi connectivity index (χ3n) is 2.77. The highest BCUT2D eigenvalue weighted by Gasteiger charge is 2.12. The molecule has 0 spiro atoms. The van der Waals surface area contributed by atoms with Crippen molar-refractivity contribution in [2.45, 2.75) is 26.8 Å². The molecule has 2 rings (SSSR count). The molecular weight excluding hydrogens is 248 g/mol. The number of ketones is 1. The van der Waals surface area contributed by atoms with E-state index in [1.54, 1.807) is 29.2 Å². The summed E-state index contributed by atoms with van der Waals surface area (Å²) in [7, 11) is 0. The number of benzene rings is 1. The molecule has 0 aliphatic rings.